The van der Waals surface area contributed by atoms with Gasteiger partial charge >= 0.3 is 0 Å². The van der Waals surface area contributed by atoms with Crippen LogP contribution < -0.4 is 15.0 Å². The molecule has 2 aromatic carbocycles. The molecule has 1 saturated heterocycles. The van der Waals surface area contributed by atoms with E-state index in [-0.39, 0.29) is 11.8 Å². The van der Waals surface area contributed by atoms with Crippen LogP contribution in [0, 0.1) is 0 Å². The lowest BCUT2D eigenvalue weighted by Crippen LogP contribution is -2.48. The van der Waals surface area contributed by atoms with Crippen LogP contribution in [-0.2, 0) is 4.79 Å². The molecule has 0 bridgehead atoms. The number of nitrogens with zero attached hydrogens (tertiary/aromatic N) is 2. The van der Waals surface area contributed by atoms with E-state index in [0.29, 0.717) is 24.4 Å². The molecule has 1 heterocycles. The molecule has 1 aliphatic heterocycles. The standard InChI is InChI=1S/C20H23N3O3/c1-15(24)22-11-13-23(14-12-22)18-9-5-4-8-17(18)21-20(25)16-7-3-6-10-19(16)26-2/h3-10H,11-14H2,1-2H3,(H,21,25). The predicted molar refractivity (Wildman–Crippen MR) is 102 cm³/mol. The molecule has 1 N–H and O–H groups in total. The Balaban J connectivity index is 1.78. The summed E-state index contributed by atoms with van der Waals surface area (Å²) >= 11 is 0. The van der Waals surface area contributed by atoms with Gasteiger partial charge in [-0.2, -0.15) is 0 Å². The number of hydrogen-bond acceptors (Lipinski definition) is 4. The lowest BCUT2D eigenvalue weighted by atomic mass is 10.1. The number of rotatable bonds is 4. The van der Waals surface area contributed by atoms with Gasteiger partial charge in [-0.3, -0.25) is 9.59 Å². The molecular weight excluding hydrogens is 330 g/mol. The fourth-order valence-electron chi connectivity index (χ4n) is 3.14. The van der Waals surface area contributed by atoms with E-state index in [1.807, 2.05) is 41.3 Å². The molecule has 0 radical (unpaired) electrons. The number of amides is 2. The zero-order valence-electron chi connectivity index (χ0n) is 15.1. The first-order valence-electron chi connectivity index (χ1n) is 8.64. The fraction of sp³-hybridized carbons (Fsp3) is 0.300. The summed E-state index contributed by atoms with van der Waals surface area (Å²) in [7, 11) is 1.55. The van der Waals surface area contributed by atoms with E-state index in [4.69, 9.17) is 4.74 Å². The normalized spacial score (nSPS) is 14.1. The van der Waals surface area contributed by atoms with E-state index in [9.17, 15) is 9.59 Å². The molecule has 6 nitrogen and oxygen atoms in total. The minimum Gasteiger partial charge on any atom is -0.496 e. The first-order valence-corrected chi connectivity index (χ1v) is 8.64. The van der Waals surface area contributed by atoms with Crippen molar-refractivity contribution in [1.82, 2.24) is 4.90 Å². The molecule has 0 aromatic heterocycles. The molecule has 1 fully saturated rings. The molecule has 0 aliphatic carbocycles. The van der Waals surface area contributed by atoms with Gasteiger partial charge in [-0.05, 0) is 24.3 Å². The van der Waals surface area contributed by atoms with Crippen LogP contribution in [0.3, 0.4) is 0 Å². The van der Waals surface area contributed by atoms with Gasteiger partial charge < -0.3 is 19.9 Å². The van der Waals surface area contributed by atoms with E-state index >= 15 is 0 Å². The number of methoxy groups -OCH3 is 1. The monoisotopic (exact) mass is 353 g/mol. The minimum absolute atomic E-state index is 0.0995. The lowest BCUT2D eigenvalue weighted by Gasteiger charge is -2.36. The van der Waals surface area contributed by atoms with Crippen LogP contribution in [0.5, 0.6) is 5.75 Å². The lowest BCUT2D eigenvalue weighted by molar-refractivity contribution is -0.129. The van der Waals surface area contributed by atoms with Crippen LogP contribution in [0.15, 0.2) is 48.5 Å². The van der Waals surface area contributed by atoms with Gasteiger partial charge in [-0.1, -0.05) is 24.3 Å². The molecular formula is C20H23N3O3. The Morgan fingerprint density at radius 2 is 1.62 bits per heavy atom. The van der Waals surface area contributed by atoms with Gasteiger partial charge in [-0.25, -0.2) is 0 Å². The Bertz CT molecular complexity index is 798. The van der Waals surface area contributed by atoms with Crippen molar-refractivity contribution in [3.63, 3.8) is 0 Å². The topological polar surface area (TPSA) is 61.9 Å². The van der Waals surface area contributed by atoms with E-state index in [1.165, 1.54) is 0 Å². The fourth-order valence-corrected chi connectivity index (χ4v) is 3.14. The summed E-state index contributed by atoms with van der Waals surface area (Å²) in [4.78, 5) is 28.2. The van der Waals surface area contributed by atoms with Crippen molar-refractivity contribution in [2.45, 2.75) is 6.92 Å². The van der Waals surface area contributed by atoms with Crippen LogP contribution in [0.4, 0.5) is 11.4 Å². The van der Waals surface area contributed by atoms with Gasteiger partial charge in [0, 0.05) is 33.1 Å². The number of carbonyl (C=O) groups excluding carboxylic acids is 2. The van der Waals surface area contributed by atoms with Crippen LogP contribution in [0.1, 0.15) is 17.3 Å². The quantitative estimate of drug-likeness (QED) is 0.918. The van der Waals surface area contributed by atoms with E-state index in [0.717, 1.165) is 24.5 Å². The highest BCUT2D eigenvalue weighted by Crippen LogP contribution is 2.28. The second-order valence-electron chi connectivity index (χ2n) is 6.16. The smallest absolute Gasteiger partial charge is 0.259 e. The molecule has 3 rings (SSSR count). The van der Waals surface area contributed by atoms with Gasteiger partial charge in [0.15, 0.2) is 0 Å². The highest BCUT2D eigenvalue weighted by atomic mass is 16.5. The van der Waals surface area contributed by atoms with Crippen molar-refractivity contribution >= 4 is 23.2 Å². The third kappa shape index (κ3) is 3.79. The highest BCUT2D eigenvalue weighted by Gasteiger charge is 2.21. The summed E-state index contributed by atoms with van der Waals surface area (Å²) < 4.78 is 5.28. The molecule has 0 atom stereocenters. The molecule has 0 spiro atoms. The van der Waals surface area contributed by atoms with Crippen molar-refractivity contribution in [1.29, 1.82) is 0 Å². The van der Waals surface area contributed by atoms with E-state index in [2.05, 4.69) is 10.2 Å². The second-order valence-corrected chi connectivity index (χ2v) is 6.16. The maximum absolute atomic E-state index is 12.7. The molecule has 26 heavy (non-hydrogen) atoms. The number of nitrogens with one attached hydrogen (secondary N) is 1. The Morgan fingerprint density at radius 3 is 2.31 bits per heavy atom. The third-order valence-corrected chi connectivity index (χ3v) is 4.57. The number of anilines is 2. The molecule has 6 heteroatoms. The highest BCUT2D eigenvalue weighted by molar-refractivity contribution is 6.07. The number of para-hydroxylation sites is 3. The first kappa shape index (κ1) is 17.8. The number of carbonyl (C=O) groups is 2. The molecule has 2 aromatic rings. The zero-order valence-corrected chi connectivity index (χ0v) is 15.1. The van der Waals surface area contributed by atoms with Crippen molar-refractivity contribution in [2.75, 3.05) is 43.5 Å². The Labute approximate surface area is 153 Å². The number of ether oxygens (including phenoxy) is 1. The van der Waals surface area contributed by atoms with Gasteiger partial charge in [0.1, 0.15) is 5.75 Å². The van der Waals surface area contributed by atoms with Crippen molar-refractivity contribution in [3.05, 3.63) is 54.1 Å². The molecule has 0 unspecified atom stereocenters. The molecule has 136 valence electrons. The van der Waals surface area contributed by atoms with Crippen molar-refractivity contribution < 1.29 is 14.3 Å². The van der Waals surface area contributed by atoms with Crippen LogP contribution in [0.25, 0.3) is 0 Å². The van der Waals surface area contributed by atoms with Crippen LogP contribution in [0.2, 0.25) is 0 Å². The first-order chi connectivity index (χ1) is 12.6. The Kier molecular flexibility index (Phi) is 5.41. The van der Waals surface area contributed by atoms with Crippen LogP contribution >= 0.6 is 0 Å². The van der Waals surface area contributed by atoms with Crippen LogP contribution in [-0.4, -0.2) is 50.0 Å². The van der Waals surface area contributed by atoms with Gasteiger partial charge in [-0.15, -0.1) is 0 Å². The molecule has 0 saturated carbocycles. The van der Waals surface area contributed by atoms with Crippen molar-refractivity contribution in [3.8, 4) is 5.75 Å². The summed E-state index contributed by atoms with van der Waals surface area (Å²) in [6.45, 7) is 4.44. The minimum atomic E-state index is -0.211. The Hall–Kier alpha value is -3.02. The van der Waals surface area contributed by atoms with Gasteiger partial charge in [0.25, 0.3) is 5.91 Å². The SMILES string of the molecule is COc1ccccc1C(=O)Nc1ccccc1N1CCN(C(C)=O)CC1. The van der Waals surface area contributed by atoms with E-state index in [1.54, 1.807) is 26.2 Å². The third-order valence-electron chi connectivity index (χ3n) is 4.57. The maximum Gasteiger partial charge on any atom is 0.259 e. The largest absolute Gasteiger partial charge is 0.496 e. The second kappa shape index (κ2) is 7.91. The van der Waals surface area contributed by atoms with E-state index < -0.39 is 0 Å². The summed E-state index contributed by atoms with van der Waals surface area (Å²) in [6, 6.07) is 14.9. The zero-order chi connectivity index (χ0) is 18.5. The summed E-state index contributed by atoms with van der Waals surface area (Å²) in [5.74, 6) is 0.428. The molecule has 2 amide bonds. The van der Waals surface area contributed by atoms with Crippen molar-refractivity contribution in [2.24, 2.45) is 0 Å². The van der Waals surface area contributed by atoms with Gasteiger partial charge in [0.05, 0.1) is 24.0 Å². The average Bonchev–Trinajstić information content (AvgIpc) is 2.68. The maximum atomic E-state index is 12.7. The summed E-state index contributed by atoms with van der Waals surface area (Å²) in [5, 5.41) is 2.99. The number of hydrogen-bond donors (Lipinski definition) is 1. The average molecular weight is 353 g/mol. The summed E-state index contributed by atoms with van der Waals surface area (Å²) in [5.41, 5.74) is 2.20. The molecule has 1 aliphatic rings. The number of benzene rings is 2. The van der Waals surface area contributed by atoms with Gasteiger partial charge in [0.2, 0.25) is 5.91 Å². The number of piperazine rings is 1. The predicted octanol–water partition coefficient (Wildman–Crippen LogP) is 2.62. The Morgan fingerprint density at radius 1 is 0.962 bits per heavy atom. The summed E-state index contributed by atoms with van der Waals surface area (Å²) in [6.07, 6.45) is 0.